The third kappa shape index (κ3) is 4.65. The van der Waals surface area contributed by atoms with E-state index in [9.17, 15) is 18.0 Å². The van der Waals surface area contributed by atoms with Crippen molar-refractivity contribution in [3.63, 3.8) is 0 Å². The summed E-state index contributed by atoms with van der Waals surface area (Å²) in [4.78, 5) is 24.4. The molecule has 8 heteroatoms. The van der Waals surface area contributed by atoms with E-state index in [1.165, 1.54) is 12.1 Å². The fourth-order valence-corrected chi connectivity index (χ4v) is 3.74. The monoisotopic (exact) mass is 389 g/mol. The Kier molecular flexibility index (Phi) is 5.90. The molecule has 0 bridgehead atoms. The van der Waals surface area contributed by atoms with Gasteiger partial charge >= 0.3 is 12.1 Å². The molecule has 144 valence electrons. The third-order valence-electron chi connectivity index (χ3n) is 4.10. The molecule has 2 aromatic carbocycles. The number of hydrogen-bond acceptors (Lipinski definition) is 4. The Morgan fingerprint density at radius 1 is 0.889 bits per heavy atom. The highest BCUT2D eigenvalue weighted by molar-refractivity contribution is 7.89. The highest BCUT2D eigenvalue weighted by Gasteiger charge is 2.26. The van der Waals surface area contributed by atoms with Crippen LogP contribution in [-0.2, 0) is 10.0 Å². The number of urea groups is 2. The average Bonchev–Trinajstić information content (AvgIpc) is 2.57. The molecule has 0 atom stereocenters. The van der Waals surface area contributed by atoms with Crippen molar-refractivity contribution < 1.29 is 18.0 Å². The van der Waals surface area contributed by atoms with Crippen molar-refractivity contribution in [2.75, 3.05) is 12.4 Å². The molecule has 0 aromatic heterocycles. The minimum absolute atomic E-state index is 0.0311. The summed E-state index contributed by atoms with van der Waals surface area (Å²) < 4.78 is 25.5. The second kappa shape index (κ2) is 7.79. The molecular formula is C19H23N3O4S. The molecule has 0 heterocycles. The number of amides is 4. The lowest BCUT2D eigenvalue weighted by atomic mass is 10.1. The molecule has 4 amide bonds. The van der Waals surface area contributed by atoms with Crippen LogP contribution in [0.15, 0.2) is 41.3 Å². The van der Waals surface area contributed by atoms with Gasteiger partial charge in [0.2, 0.25) is 0 Å². The lowest BCUT2D eigenvalue weighted by molar-refractivity contribution is 0.223. The first-order chi connectivity index (χ1) is 12.5. The summed E-state index contributed by atoms with van der Waals surface area (Å²) in [5.74, 6) is 0. The summed E-state index contributed by atoms with van der Waals surface area (Å²) in [6.45, 7) is 7.45. The largest absolute Gasteiger partial charge is 0.339 e. The van der Waals surface area contributed by atoms with Crippen LogP contribution in [0, 0.1) is 27.7 Å². The number of aryl methyl sites for hydroxylation is 4. The van der Waals surface area contributed by atoms with Gasteiger partial charge in [0.15, 0.2) is 0 Å². The minimum atomic E-state index is -4.05. The van der Waals surface area contributed by atoms with Crippen molar-refractivity contribution in [1.29, 1.82) is 0 Å². The normalized spacial score (nSPS) is 11.0. The predicted octanol–water partition coefficient (Wildman–Crippen LogP) is 3.48. The fourth-order valence-electron chi connectivity index (χ4n) is 2.68. The number of carbonyl (C=O) groups excluding carboxylic acids is 2. The van der Waals surface area contributed by atoms with Gasteiger partial charge in [-0.25, -0.2) is 22.3 Å². The molecule has 0 saturated heterocycles. The summed E-state index contributed by atoms with van der Waals surface area (Å²) in [7, 11) is -2.96. The lowest BCUT2D eigenvalue weighted by Crippen LogP contribution is -2.45. The van der Waals surface area contributed by atoms with Gasteiger partial charge in [-0.3, -0.25) is 5.32 Å². The zero-order valence-corrected chi connectivity index (χ0v) is 16.8. The number of imide groups is 1. The van der Waals surface area contributed by atoms with Gasteiger partial charge in [0.25, 0.3) is 10.0 Å². The van der Waals surface area contributed by atoms with E-state index in [0.29, 0.717) is 9.99 Å². The SMILES string of the molecule is Cc1ccc(S(=O)(=O)N(C)C(=O)NC(=O)Nc2c(C)cc(C)cc2C)cc1. The molecule has 0 aliphatic heterocycles. The van der Waals surface area contributed by atoms with E-state index in [4.69, 9.17) is 0 Å². The molecule has 2 aromatic rings. The van der Waals surface area contributed by atoms with Crippen molar-refractivity contribution in [2.24, 2.45) is 0 Å². The summed E-state index contributed by atoms with van der Waals surface area (Å²) in [6.07, 6.45) is 0. The molecule has 2 N–H and O–H groups in total. The van der Waals surface area contributed by atoms with E-state index >= 15 is 0 Å². The number of benzene rings is 2. The maximum Gasteiger partial charge on any atom is 0.339 e. The second-order valence-corrected chi connectivity index (χ2v) is 8.41. The number of nitrogens with zero attached hydrogens (tertiary/aromatic N) is 1. The number of hydrogen-bond donors (Lipinski definition) is 2. The molecule has 0 spiro atoms. The predicted molar refractivity (Wildman–Crippen MR) is 104 cm³/mol. The van der Waals surface area contributed by atoms with Gasteiger partial charge in [-0.1, -0.05) is 35.4 Å². The van der Waals surface area contributed by atoms with Gasteiger partial charge in [-0.05, 0) is 51.0 Å². The maximum absolute atomic E-state index is 12.5. The molecular weight excluding hydrogens is 366 g/mol. The van der Waals surface area contributed by atoms with E-state index in [1.807, 2.05) is 45.1 Å². The van der Waals surface area contributed by atoms with Crippen LogP contribution in [0.5, 0.6) is 0 Å². The molecule has 0 fully saturated rings. The highest BCUT2D eigenvalue weighted by atomic mass is 32.2. The van der Waals surface area contributed by atoms with Gasteiger partial charge in [0, 0.05) is 12.7 Å². The molecule has 0 unspecified atom stereocenters. The van der Waals surface area contributed by atoms with Crippen molar-refractivity contribution in [3.05, 3.63) is 58.7 Å². The van der Waals surface area contributed by atoms with Crippen molar-refractivity contribution in [3.8, 4) is 0 Å². The summed E-state index contributed by atoms with van der Waals surface area (Å²) in [5.41, 5.74) is 4.21. The van der Waals surface area contributed by atoms with E-state index in [2.05, 4.69) is 5.32 Å². The van der Waals surface area contributed by atoms with Crippen LogP contribution in [0.3, 0.4) is 0 Å². The van der Waals surface area contributed by atoms with Crippen LogP contribution >= 0.6 is 0 Å². The van der Waals surface area contributed by atoms with Gasteiger partial charge < -0.3 is 5.32 Å². The van der Waals surface area contributed by atoms with Crippen molar-refractivity contribution in [2.45, 2.75) is 32.6 Å². The third-order valence-corrected chi connectivity index (χ3v) is 5.86. The second-order valence-electron chi connectivity index (χ2n) is 6.44. The Bertz CT molecular complexity index is 960. The Labute approximate surface area is 159 Å². The van der Waals surface area contributed by atoms with E-state index in [0.717, 1.165) is 29.3 Å². The quantitative estimate of drug-likeness (QED) is 0.840. The van der Waals surface area contributed by atoms with E-state index in [1.54, 1.807) is 12.1 Å². The summed E-state index contributed by atoms with van der Waals surface area (Å²) in [6, 6.07) is 8.04. The fraction of sp³-hybridized carbons (Fsp3) is 0.263. The van der Waals surface area contributed by atoms with Crippen LogP contribution in [0.1, 0.15) is 22.3 Å². The average molecular weight is 389 g/mol. The molecule has 27 heavy (non-hydrogen) atoms. The Morgan fingerprint density at radius 3 is 1.93 bits per heavy atom. The standard InChI is InChI=1S/C19H23N3O4S/c1-12-6-8-16(9-7-12)27(25,26)22(5)19(24)21-18(23)20-17-14(3)10-13(2)11-15(17)4/h6-11H,1-5H3,(H2,20,21,23,24). The van der Waals surface area contributed by atoms with Gasteiger partial charge in [0.05, 0.1) is 4.90 Å². The topological polar surface area (TPSA) is 95.6 Å². The lowest BCUT2D eigenvalue weighted by Gasteiger charge is -2.19. The first-order valence-corrected chi connectivity index (χ1v) is 9.72. The Morgan fingerprint density at radius 2 is 1.41 bits per heavy atom. The van der Waals surface area contributed by atoms with Gasteiger partial charge in [-0.2, -0.15) is 0 Å². The molecule has 2 rings (SSSR count). The summed E-state index contributed by atoms with van der Waals surface area (Å²) >= 11 is 0. The van der Waals surface area contributed by atoms with Crippen LogP contribution in [0.4, 0.5) is 15.3 Å². The van der Waals surface area contributed by atoms with E-state index in [-0.39, 0.29) is 4.90 Å². The highest BCUT2D eigenvalue weighted by Crippen LogP contribution is 2.22. The Hall–Kier alpha value is -2.87. The smallest absolute Gasteiger partial charge is 0.307 e. The molecule has 0 saturated carbocycles. The number of rotatable bonds is 3. The number of anilines is 1. The molecule has 0 radical (unpaired) electrons. The molecule has 0 aliphatic rings. The maximum atomic E-state index is 12.5. The van der Waals surface area contributed by atoms with Crippen LogP contribution in [-0.4, -0.2) is 31.8 Å². The first-order valence-electron chi connectivity index (χ1n) is 8.28. The van der Waals surface area contributed by atoms with Crippen molar-refractivity contribution >= 4 is 27.8 Å². The Balaban J connectivity index is 2.12. The van der Waals surface area contributed by atoms with E-state index < -0.39 is 22.1 Å². The minimum Gasteiger partial charge on any atom is -0.307 e. The van der Waals surface area contributed by atoms with Gasteiger partial charge in [-0.15, -0.1) is 0 Å². The van der Waals surface area contributed by atoms with Crippen LogP contribution in [0.25, 0.3) is 0 Å². The number of carbonyl (C=O) groups is 2. The zero-order valence-electron chi connectivity index (χ0n) is 16.0. The number of sulfonamides is 1. The number of nitrogens with one attached hydrogen (secondary N) is 2. The zero-order chi connectivity index (χ0) is 20.4. The van der Waals surface area contributed by atoms with Crippen LogP contribution in [0.2, 0.25) is 0 Å². The molecule has 7 nitrogen and oxygen atoms in total. The van der Waals surface area contributed by atoms with Gasteiger partial charge in [0.1, 0.15) is 0 Å². The molecule has 0 aliphatic carbocycles. The first kappa shape index (κ1) is 20.4. The van der Waals surface area contributed by atoms with Crippen LogP contribution < -0.4 is 10.6 Å². The summed E-state index contributed by atoms with van der Waals surface area (Å²) in [5, 5.41) is 4.64. The van der Waals surface area contributed by atoms with Crippen molar-refractivity contribution in [1.82, 2.24) is 9.62 Å².